The molecule has 2 aliphatic carbocycles. The lowest BCUT2D eigenvalue weighted by atomic mass is 9.62. The first kappa shape index (κ1) is 51.0. The van der Waals surface area contributed by atoms with Crippen molar-refractivity contribution in [3.8, 4) is 22.3 Å². The van der Waals surface area contributed by atoms with Crippen molar-refractivity contribution >= 4 is 51.2 Å². The van der Waals surface area contributed by atoms with Gasteiger partial charge < -0.3 is 14.7 Å². The van der Waals surface area contributed by atoms with E-state index in [0.29, 0.717) is 0 Å². The summed E-state index contributed by atoms with van der Waals surface area (Å²) in [6.07, 6.45) is 0. The van der Waals surface area contributed by atoms with Crippen LogP contribution in [0.3, 0.4) is 0 Å². The maximum atomic E-state index is 2.51. The highest BCUT2D eigenvalue weighted by atomic mass is 15.2. The molecule has 14 rings (SSSR count). The number of hydrogen-bond donors (Lipinski definition) is 0. The largest absolute Gasteiger partial charge is 0.310 e. The van der Waals surface area contributed by atoms with Gasteiger partial charge in [0.2, 0.25) is 0 Å². The summed E-state index contributed by atoms with van der Waals surface area (Å²) in [4.78, 5) is 7.48. The van der Waals surface area contributed by atoms with Gasteiger partial charge in [0.25, 0.3) is 0 Å². The zero-order valence-electron chi connectivity index (χ0n) is 48.9. The number of fused-ring (bicyclic) bond motifs is 8. The van der Waals surface area contributed by atoms with E-state index >= 15 is 0 Å². The molecule has 0 N–H and O–H groups in total. The van der Waals surface area contributed by atoms with Crippen molar-refractivity contribution < 1.29 is 0 Å². The van der Waals surface area contributed by atoms with Gasteiger partial charge in [-0.1, -0.05) is 203 Å². The highest BCUT2D eigenvalue weighted by molar-refractivity contribution is 5.92. The van der Waals surface area contributed by atoms with Gasteiger partial charge in [-0.15, -0.1) is 0 Å². The number of para-hydroxylation sites is 3. The molecular weight excluding hydrogens is 991 g/mol. The molecule has 0 saturated carbocycles. The molecule has 0 unspecified atom stereocenters. The number of rotatable bonds is 9. The van der Waals surface area contributed by atoms with Crippen LogP contribution >= 0.6 is 0 Å². The molecule has 11 aromatic rings. The van der Waals surface area contributed by atoms with Gasteiger partial charge in [-0.3, -0.25) is 0 Å². The minimum absolute atomic E-state index is 0.147. The fourth-order valence-corrected chi connectivity index (χ4v) is 15.1. The van der Waals surface area contributed by atoms with E-state index in [4.69, 9.17) is 0 Å². The molecule has 82 heavy (non-hydrogen) atoms. The van der Waals surface area contributed by atoms with E-state index in [1.807, 2.05) is 0 Å². The van der Waals surface area contributed by atoms with Crippen molar-refractivity contribution in [2.75, 3.05) is 14.7 Å². The van der Waals surface area contributed by atoms with Crippen LogP contribution in [0.1, 0.15) is 106 Å². The monoisotopic (exact) mass is 1060 g/mol. The molecule has 0 atom stereocenters. The van der Waals surface area contributed by atoms with Gasteiger partial charge in [-0.25, -0.2) is 0 Å². The molecule has 0 radical (unpaired) electrons. The highest BCUT2D eigenvalue weighted by Crippen LogP contribution is 2.59. The van der Waals surface area contributed by atoms with E-state index in [1.165, 1.54) is 112 Å². The maximum Gasteiger partial charge on any atom is 0.0742 e. The van der Waals surface area contributed by atoms with Crippen molar-refractivity contribution in [3.63, 3.8) is 0 Å². The summed E-state index contributed by atoms with van der Waals surface area (Å²) in [6, 6.07) is 89.8. The third-order valence-corrected chi connectivity index (χ3v) is 18.6. The second-order valence-corrected chi connectivity index (χ2v) is 24.5. The zero-order valence-corrected chi connectivity index (χ0v) is 48.9. The van der Waals surface area contributed by atoms with Gasteiger partial charge >= 0.3 is 0 Å². The predicted molar refractivity (Wildman–Crippen MR) is 346 cm³/mol. The van der Waals surface area contributed by atoms with Crippen molar-refractivity contribution in [2.45, 2.75) is 85.5 Å². The van der Waals surface area contributed by atoms with Gasteiger partial charge in [0.15, 0.2) is 0 Å². The van der Waals surface area contributed by atoms with E-state index in [0.717, 1.165) is 39.8 Å². The number of nitrogens with zero attached hydrogens (tertiary/aromatic N) is 3. The highest BCUT2D eigenvalue weighted by Gasteiger charge is 2.47. The van der Waals surface area contributed by atoms with Gasteiger partial charge in [0.1, 0.15) is 0 Å². The van der Waals surface area contributed by atoms with Crippen LogP contribution in [0.5, 0.6) is 0 Å². The van der Waals surface area contributed by atoms with Crippen LogP contribution in [0.2, 0.25) is 0 Å². The molecule has 0 saturated heterocycles. The second-order valence-electron chi connectivity index (χ2n) is 24.5. The summed E-state index contributed by atoms with van der Waals surface area (Å²) in [6.45, 7) is 23.0. The molecule has 0 aromatic heterocycles. The Balaban J connectivity index is 0.975. The lowest BCUT2D eigenvalue weighted by Crippen LogP contribution is -2.37. The molecule has 3 aliphatic rings. The zero-order chi connectivity index (χ0) is 56.4. The predicted octanol–water partition coefficient (Wildman–Crippen LogP) is 21.3. The van der Waals surface area contributed by atoms with E-state index in [1.54, 1.807) is 0 Å². The van der Waals surface area contributed by atoms with Crippen LogP contribution in [0.25, 0.3) is 22.3 Å². The van der Waals surface area contributed by atoms with Crippen LogP contribution in [0, 0.1) is 41.5 Å². The van der Waals surface area contributed by atoms with E-state index in [9.17, 15) is 0 Å². The standard InChI is InChI=1S/C79H69N3/c1-50-44-52(3)75(53(4)45-50)80(61-40-42-65-63-24-14-16-26-67(63)77(7,8)71(65)48-61)59-36-32-56(33-37-59)79(69-28-18-20-30-73(69)82(58-22-12-11-13-23-58)74-31-21-19-29-70(74)79)57-34-38-60(39-35-57)81(76-54(5)46-51(2)47-55(76)6)62-41-43-66-64-25-15-17-27-68(64)78(9,10)72(66)49-62/h11-49H,1-10H3. The van der Waals surface area contributed by atoms with Crippen LogP contribution in [-0.2, 0) is 16.2 Å². The van der Waals surface area contributed by atoms with E-state index < -0.39 is 5.41 Å². The molecule has 0 bridgehead atoms. The Kier molecular flexibility index (Phi) is 11.8. The summed E-state index contributed by atoms with van der Waals surface area (Å²) in [7, 11) is 0. The second kappa shape index (κ2) is 19.0. The molecule has 0 fully saturated rings. The molecule has 0 spiro atoms. The molecule has 1 aliphatic heterocycles. The number of aryl methyl sites for hydroxylation is 6. The first-order valence-electron chi connectivity index (χ1n) is 29.2. The van der Waals surface area contributed by atoms with Gasteiger partial charge in [0.05, 0.1) is 28.2 Å². The van der Waals surface area contributed by atoms with Gasteiger partial charge in [0, 0.05) is 39.3 Å². The Morgan fingerprint density at radius 3 is 1.02 bits per heavy atom. The Hall–Kier alpha value is -9.18. The van der Waals surface area contributed by atoms with Crippen LogP contribution in [-0.4, -0.2) is 0 Å². The number of anilines is 9. The average molecular weight is 1060 g/mol. The van der Waals surface area contributed by atoms with Crippen molar-refractivity contribution in [2.24, 2.45) is 0 Å². The van der Waals surface area contributed by atoms with Crippen LogP contribution in [0.4, 0.5) is 51.2 Å². The fourth-order valence-electron chi connectivity index (χ4n) is 15.1. The summed E-state index contributed by atoms with van der Waals surface area (Å²) < 4.78 is 0. The van der Waals surface area contributed by atoms with Gasteiger partial charge in [-0.2, -0.15) is 0 Å². The maximum absolute atomic E-state index is 2.51. The molecule has 3 nitrogen and oxygen atoms in total. The molecule has 1 heterocycles. The lowest BCUT2D eigenvalue weighted by molar-refractivity contribution is 0.660. The number of hydrogen-bond acceptors (Lipinski definition) is 3. The van der Waals surface area contributed by atoms with Gasteiger partial charge in [-0.05, 0) is 203 Å². The lowest BCUT2D eigenvalue weighted by Gasteiger charge is -2.46. The Morgan fingerprint density at radius 2 is 0.622 bits per heavy atom. The minimum atomic E-state index is -0.733. The summed E-state index contributed by atoms with van der Waals surface area (Å²) >= 11 is 0. The molecule has 11 aromatic carbocycles. The quantitative estimate of drug-likeness (QED) is 0.143. The molecule has 3 heteroatoms. The van der Waals surface area contributed by atoms with Crippen LogP contribution < -0.4 is 14.7 Å². The average Bonchev–Trinajstić information content (AvgIpc) is 4.00. The number of benzene rings is 11. The first-order valence-corrected chi connectivity index (χ1v) is 29.2. The summed E-state index contributed by atoms with van der Waals surface area (Å²) in [5, 5.41) is 0. The summed E-state index contributed by atoms with van der Waals surface area (Å²) in [5.41, 5.74) is 32.5. The smallest absolute Gasteiger partial charge is 0.0742 e. The minimum Gasteiger partial charge on any atom is -0.310 e. The summed E-state index contributed by atoms with van der Waals surface area (Å²) in [5.74, 6) is 0. The van der Waals surface area contributed by atoms with Crippen molar-refractivity contribution in [1.82, 2.24) is 0 Å². The van der Waals surface area contributed by atoms with Crippen molar-refractivity contribution in [3.05, 3.63) is 314 Å². The van der Waals surface area contributed by atoms with Crippen molar-refractivity contribution in [1.29, 1.82) is 0 Å². The molecular formula is C79H69N3. The first-order chi connectivity index (χ1) is 39.7. The third-order valence-electron chi connectivity index (χ3n) is 18.6. The normalized spacial score (nSPS) is 14.5. The topological polar surface area (TPSA) is 9.72 Å². The SMILES string of the molecule is Cc1cc(C)c(N(c2ccc(C3(c4ccc(N(c5ccc6c(c5)C(C)(C)c5ccccc5-6)c5c(C)cc(C)cc5C)cc4)c4ccccc4N(c4ccccc4)c4ccccc43)cc2)c2ccc3c(c2)C(C)(C)c2ccccc2-3)c(C)c1. The Labute approximate surface area is 485 Å². The third kappa shape index (κ3) is 7.62. The van der Waals surface area contributed by atoms with E-state index in [-0.39, 0.29) is 10.8 Å². The van der Waals surface area contributed by atoms with E-state index in [2.05, 4.69) is 321 Å². The molecule has 400 valence electrons. The fraction of sp³-hybridized carbons (Fsp3) is 0.165. The Morgan fingerprint density at radius 1 is 0.293 bits per heavy atom. The molecule has 0 amide bonds. The Bertz CT molecular complexity index is 4040. The van der Waals surface area contributed by atoms with Crippen LogP contribution in [0.15, 0.2) is 237 Å².